The van der Waals surface area contributed by atoms with Crippen molar-refractivity contribution >= 4 is 34.0 Å². The van der Waals surface area contributed by atoms with E-state index in [9.17, 15) is 9.59 Å². The highest BCUT2D eigenvalue weighted by molar-refractivity contribution is 7.14. The summed E-state index contributed by atoms with van der Waals surface area (Å²) in [6, 6.07) is 7.30. The Labute approximate surface area is 124 Å². The molecule has 1 amide bonds. The van der Waals surface area contributed by atoms with Crippen LogP contribution in [0.2, 0.25) is 0 Å². The van der Waals surface area contributed by atoms with Crippen LogP contribution in [0.25, 0.3) is 11.3 Å². The van der Waals surface area contributed by atoms with Crippen molar-refractivity contribution in [2.24, 2.45) is 5.92 Å². The summed E-state index contributed by atoms with van der Waals surface area (Å²) in [5.74, 6) is -1.79. The number of hydrogen-bond donors (Lipinski definition) is 2. The summed E-state index contributed by atoms with van der Waals surface area (Å²) in [6.45, 7) is 0.183. The van der Waals surface area contributed by atoms with Gasteiger partial charge in [-0.2, -0.15) is 0 Å². The van der Waals surface area contributed by atoms with Crippen molar-refractivity contribution in [2.75, 3.05) is 17.2 Å². The molecule has 0 saturated carbocycles. The van der Waals surface area contributed by atoms with E-state index in [1.807, 2.05) is 17.5 Å². The summed E-state index contributed by atoms with van der Waals surface area (Å²) >= 11 is 1.33. The quantitative estimate of drug-likeness (QED) is 0.843. The van der Waals surface area contributed by atoms with E-state index < -0.39 is 11.9 Å². The van der Waals surface area contributed by atoms with Gasteiger partial charge in [-0.05, 0) is 12.1 Å². The minimum Gasteiger partial charge on any atom is -0.481 e. The lowest BCUT2D eigenvalue weighted by Crippen LogP contribution is -2.25. The highest BCUT2D eigenvalue weighted by atomic mass is 32.1. The largest absolute Gasteiger partial charge is 0.481 e. The number of amides is 1. The van der Waals surface area contributed by atoms with Gasteiger partial charge >= 0.3 is 5.97 Å². The van der Waals surface area contributed by atoms with E-state index in [1.165, 1.54) is 16.2 Å². The van der Waals surface area contributed by atoms with E-state index >= 15 is 0 Å². The Balaban J connectivity index is 1.84. The second kappa shape index (κ2) is 5.17. The number of rotatable bonds is 3. The van der Waals surface area contributed by atoms with Crippen molar-refractivity contribution in [3.05, 3.63) is 29.6 Å². The van der Waals surface area contributed by atoms with E-state index in [4.69, 9.17) is 10.8 Å². The molecule has 2 aromatic rings. The van der Waals surface area contributed by atoms with Crippen molar-refractivity contribution in [3.8, 4) is 11.3 Å². The molecule has 7 heteroatoms. The molecule has 108 valence electrons. The molecule has 0 bridgehead atoms. The van der Waals surface area contributed by atoms with Crippen molar-refractivity contribution < 1.29 is 14.7 Å². The molecule has 3 rings (SSSR count). The third-order valence-electron chi connectivity index (χ3n) is 3.40. The summed E-state index contributed by atoms with van der Waals surface area (Å²) < 4.78 is 0. The number of benzene rings is 1. The second-order valence-electron chi connectivity index (χ2n) is 4.88. The number of carboxylic acid groups (broad SMARTS) is 1. The first-order valence-corrected chi connectivity index (χ1v) is 7.27. The van der Waals surface area contributed by atoms with Gasteiger partial charge in [0, 0.05) is 29.6 Å². The maximum atomic E-state index is 11.9. The van der Waals surface area contributed by atoms with Gasteiger partial charge in [0.15, 0.2) is 5.13 Å². The van der Waals surface area contributed by atoms with Crippen molar-refractivity contribution in [1.82, 2.24) is 4.98 Å². The fourth-order valence-electron chi connectivity index (χ4n) is 2.23. The zero-order chi connectivity index (χ0) is 15.0. The van der Waals surface area contributed by atoms with Gasteiger partial charge in [-0.1, -0.05) is 12.1 Å². The summed E-state index contributed by atoms with van der Waals surface area (Å²) in [4.78, 5) is 28.7. The van der Waals surface area contributed by atoms with Gasteiger partial charge in [-0.25, -0.2) is 4.98 Å². The molecule has 0 radical (unpaired) electrons. The number of carbonyl (C=O) groups excluding carboxylic acids is 1. The summed E-state index contributed by atoms with van der Waals surface area (Å²) in [6.07, 6.45) is 0.0338. The third-order valence-corrected chi connectivity index (χ3v) is 4.27. The Hall–Kier alpha value is -2.41. The molecule has 3 N–H and O–H groups in total. The summed E-state index contributed by atoms with van der Waals surface area (Å²) in [7, 11) is 0. The highest BCUT2D eigenvalue weighted by Crippen LogP contribution is 2.31. The lowest BCUT2D eigenvalue weighted by Gasteiger charge is -2.11. The van der Waals surface area contributed by atoms with E-state index in [1.54, 1.807) is 12.1 Å². The molecule has 1 aliphatic rings. The fourth-order valence-corrected chi connectivity index (χ4v) is 3.09. The molecule has 6 nitrogen and oxygen atoms in total. The number of carbonyl (C=O) groups is 2. The minimum absolute atomic E-state index is 0.0338. The monoisotopic (exact) mass is 303 g/mol. The van der Waals surface area contributed by atoms with Gasteiger partial charge < -0.3 is 10.8 Å². The molecule has 1 unspecified atom stereocenters. The van der Waals surface area contributed by atoms with Crippen LogP contribution in [0.4, 0.5) is 10.8 Å². The normalized spacial score (nSPS) is 18.2. The average Bonchev–Trinajstić information content (AvgIpc) is 3.06. The lowest BCUT2D eigenvalue weighted by atomic mass is 10.1. The molecule has 0 aliphatic carbocycles. The zero-order valence-corrected chi connectivity index (χ0v) is 11.8. The van der Waals surface area contributed by atoms with Gasteiger partial charge in [0.25, 0.3) is 0 Å². The lowest BCUT2D eigenvalue weighted by molar-refractivity contribution is -0.141. The number of aliphatic carboxylic acids is 1. The number of aromatic nitrogens is 1. The number of carboxylic acids is 1. The van der Waals surface area contributed by atoms with Gasteiger partial charge in [-0.15, -0.1) is 11.3 Å². The van der Waals surface area contributed by atoms with Crippen LogP contribution in [0, 0.1) is 5.92 Å². The molecule has 1 atom stereocenters. The predicted molar refractivity (Wildman–Crippen MR) is 80.1 cm³/mol. The number of nitrogens with zero attached hydrogens (tertiary/aromatic N) is 2. The topological polar surface area (TPSA) is 96.5 Å². The van der Waals surface area contributed by atoms with Crippen LogP contribution in [-0.4, -0.2) is 28.5 Å². The van der Waals surface area contributed by atoms with Gasteiger partial charge in [0.2, 0.25) is 5.91 Å². The van der Waals surface area contributed by atoms with E-state index in [-0.39, 0.29) is 18.9 Å². The fraction of sp³-hybridized carbons (Fsp3) is 0.214. The van der Waals surface area contributed by atoms with Crippen LogP contribution >= 0.6 is 11.3 Å². The molecule has 1 saturated heterocycles. The Morgan fingerprint density at radius 2 is 2.10 bits per heavy atom. The standard InChI is InChI=1S/C14H13N3O3S/c15-10-3-1-8(2-4-10)11-7-21-14(16-11)17-6-9(13(19)20)5-12(17)18/h1-4,7,9H,5-6,15H2,(H,19,20). The SMILES string of the molecule is Nc1ccc(-c2csc(N3CC(C(=O)O)CC3=O)n2)cc1. The smallest absolute Gasteiger partial charge is 0.308 e. The Kier molecular flexibility index (Phi) is 3.34. The first kappa shape index (κ1) is 13.6. The summed E-state index contributed by atoms with van der Waals surface area (Å²) in [5, 5.41) is 11.4. The van der Waals surface area contributed by atoms with Crippen LogP contribution in [0.3, 0.4) is 0 Å². The first-order valence-electron chi connectivity index (χ1n) is 6.39. The van der Waals surface area contributed by atoms with Crippen molar-refractivity contribution in [1.29, 1.82) is 0 Å². The maximum absolute atomic E-state index is 11.9. The van der Waals surface area contributed by atoms with Gasteiger partial charge in [-0.3, -0.25) is 14.5 Å². The number of hydrogen-bond acceptors (Lipinski definition) is 5. The van der Waals surface area contributed by atoms with E-state index in [0.717, 1.165) is 11.3 Å². The third kappa shape index (κ3) is 2.59. The number of thiazole rings is 1. The average molecular weight is 303 g/mol. The molecule has 21 heavy (non-hydrogen) atoms. The maximum Gasteiger partial charge on any atom is 0.308 e. The van der Waals surface area contributed by atoms with Crippen LogP contribution < -0.4 is 10.6 Å². The number of nitrogen functional groups attached to an aromatic ring is 1. The zero-order valence-electron chi connectivity index (χ0n) is 11.0. The molecular formula is C14H13N3O3S. The predicted octanol–water partition coefficient (Wildman–Crippen LogP) is 1.83. The van der Waals surface area contributed by atoms with Crippen LogP contribution in [-0.2, 0) is 9.59 Å². The molecule has 0 spiro atoms. The Morgan fingerprint density at radius 1 is 1.38 bits per heavy atom. The van der Waals surface area contributed by atoms with Crippen molar-refractivity contribution in [2.45, 2.75) is 6.42 Å². The Bertz CT molecular complexity index is 696. The number of nitrogens with two attached hydrogens (primary N) is 1. The molecule has 1 aromatic heterocycles. The first-order chi connectivity index (χ1) is 10.0. The molecule has 2 heterocycles. The minimum atomic E-state index is -0.943. The van der Waals surface area contributed by atoms with Gasteiger partial charge in [0.05, 0.1) is 11.6 Å². The summed E-state index contributed by atoms with van der Waals surface area (Å²) in [5.41, 5.74) is 7.98. The van der Waals surface area contributed by atoms with Crippen molar-refractivity contribution in [3.63, 3.8) is 0 Å². The number of anilines is 2. The van der Waals surface area contributed by atoms with E-state index in [0.29, 0.717) is 10.8 Å². The molecule has 1 aliphatic heterocycles. The van der Waals surface area contributed by atoms with E-state index in [2.05, 4.69) is 4.98 Å². The molecule has 1 aromatic carbocycles. The second-order valence-corrected chi connectivity index (χ2v) is 5.72. The highest BCUT2D eigenvalue weighted by Gasteiger charge is 2.36. The molecule has 1 fully saturated rings. The van der Waals surface area contributed by atoms with Gasteiger partial charge in [0.1, 0.15) is 0 Å². The Morgan fingerprint density at radius 3 is 2.71 bits per heavy atom. The van der Waals surface area contributed by atoms with Crippen LogP contribution in [0.1, 0.15) is 6.42 Å². The van der Waals surface area contributed by atoms with Crippen LogP contribution in [0.15, 0.2) is 29.6 Å². The molecular weight excluding hydrogens is 290 g/mol. The van der Waals surface area contributed by atoms with Crippen LogP contribution in [0.5, 0.6) is 0 Å².